The van der Waals surface area contributed by atoms with Gasteiger partial charge < -0.3 is 4.74 Å². The summed E-state index contributed by atoms with van der Waals surface area (Å²) in [6.45, 7) is 4.13. The Bertz CT molecular complexity index is 437. The van der Waals surface area contributed by atoms with Gasteiger partial charge in [0.2, 0.25) is 0 Å². The number of ether oxygens (including phenoxy) is 1. The van der Waals surface area contributed by atoms with E-state index in [2.05, 4.69) is 9.72 Å². The number of carbonyl (C=O) groups is 1. The highest BCUT2D eigenvalue weighted by Gasteiger charge is 2.04. The summed E-state index contributed by atoms with van der Waals surface area (Å²) >= 11 is 0. The van der Waals surface area contributed by atoms with Gasteiger partial charge in [-0.15, -0.1) is 0 Å². The molecule has 0 radical (unpaired) electrons. The minimum atomic E-state index is -0.262. The molecule has 0 aliphatic carbocycles. The Hall–Kier alpha value is -1.65. The lowest BCUT2D eigenvalue weighted by Gasteiger charge is -2.08. The number of rotatable bonds is 4. The number of aryl methyl sites for hydroxylation is 2. The van der Waals surface area contributed by atoms with Gasteiger partial charge in [-0.1, -0.05) is 0 Å². The first-order valence-electron chi connectivity index (χ1n) is 5.16. The molecule has 0 aliphatic heterocycles. The van der Waals surface area contributed by atoms with Crippen molar-refractivity contribution in [2.75, 3.05) is 7.11 Å². The van der Waals surface area contributed by atoms with Crippen molar-refractivity contribution in [3.63, 3.8) is 0 Å². The molecule has 0 saturated carbocycles. The molecule has 1 aromatic heterocycles. The number of aromatic nitrogens is 2. The lowest BCUT2D eigenvalue weighted by atomic mass is 10.3. The van der Waals surface area contributed by atoms with Crippen LogP contribution in [0.2, 0.25) is 0 Å². The van der Waals surface area contributed by atoms with Crippen LogP contribution in [0, 0.1) is 13.8 Å². The van der Waals surface area contributed by atoms with Crippen molar-refractivity contribution in [1.29, 1.82) is 0 Å². The molecule has 88 valence electrons. The van der Waals surface area contributed by atoms with E-state index >= 15 is 0 Å². The topological polar surface area (TPSA) is 61.2 Å². The van der Waals surface area contributed by atoms with Crippen LogP contribution in [0.4, 0.5) is 0 Å². The Morgan fingerprint density at radius 2 is 2.19 bits per heavy atom. The lowest BCUT2D eigenvalue weighted by Crippen LogP contribution is -2.26. The molecule has 0 bridgehead atoms. The highest BCUT2D eigenvalue weighted by Crippen LogP contribution is 2.00. The second kappa shape index (κ2) is 5.44. The van der Waals surface area contributed by atoms with E-state index in [9.17, 15) is 9.59 Å². The molecule has 0 N–H and O–H groups in total. The Morgan fingerprint density at radius 1 is 1.50 bits per heavy atom. The molecule has 0 aromatic carbocycles. The van der Waals surface area contributed by atoms with E-state index in [0.29, 0.717) is 25.1 Å². The SMILES string of the molecule is COC(=O)CCCn1c(C)cc(C)nc1=O. The summed E-state index contributed by atoms with van der Waals surface area (Å²) in [5, 5.41) is 0. The lowest BCUT2D eigenvalue weighted by molar-refractivity contribution is -0.140. The van der Waals surface area contributed by atoms with Crippen LogP contribution in [0.3, 0.4) is 0 Å². The van der Waals surface area contributed by atoms with Gasteiger partial charge in [-0.2, -0.15) is 4.98 Å². The maximum atomic E-state index is 11.5. The molecular weight excluding hydrogens is 208 g/mol. The van der Waals surface area contributed by atoms with Crippen molar-refractivity contribution < 1.29 is 9.53 Å². The van der Waals surface area contributed by atoms with E-state index in [4.69, 9.17) is 0 Å². The van der Waals surface area contributed by atoms with E-state index in [0.717, 1.165) is 5.69 Å². The fraction of sp³-hybridized carbons (Fsp3) is 0.545. The zero-order valence-corrected chi connectivity index (χ0v) is 9.82. The third-order valence-electron chi connectivity index (χ3n) is 2.34. The van der Waals surface area contributed by atoms with Crippen molar-refractivity contribution in [3.05, 3.63) is 27.9 Å². The largest absolute Gasteiger partial charge is 0.469 e. The van der Waals surface area contributed by atoms with E-state index in [1.807, 2.05) is 13.0 Å². The van der Waals surface area contributed by atoms with Gasteiger partial charge in [-0.25, -0.2) is 4.79 Å². The van der Waals surface area contributed by atoms with Crippen molar-refractivity contribution >= 4 is 5.97 Å². The molecule has 0 fully saturated rings. The van der Waals surface area contributed by atoms with Crippen LogP contribution >= 0.6 is 0 Å². The van der Waals surface area contributed by atoms with Crippen LogP contribution in [-0.2, 0) is 16.1 Å². The standard InChI is InChI=1S/C11H16N2O3/c1-8-7-9(2)13(11(15)12-8)6-4-5-10(14)16-3/h7H,4-6H2,1-3H3. The summed E-state index contributed by atoms with van der Waals surface area (Å²) < 4.78 is 6.09. The smallest absolute Gasteiger partial charge is 0.347 e. The van der Waals surface area contributed by atoms with E-state index < -0.39 is 0 Å². The third kappa shape index (κ3) is 3.18. The number of hydrogen-bond donors (Lipinski definition) is 0. The normalized spacial score (nSPS) is 10.2. The van der Waals surface area contributed by atoms with Crippen molar-refractivity contribution in [3.8, 4) is 0 Å². The van der Waals surface area contributed by atoms with Crippen molar-refractivity contribution in [2.45, 2.75) is 33.2 Å². The van der Waals surface area contributed by atoms with Crippen LogP contribution < -0.4 is 5.69 Å². The Balaban J connectivity index is 2.68. The number of methoxy groups -OCH3 is 1. The van der Waals surface area contributed by atoms with Crippen LogP contribution in [-0.4, -0.2) is 22.6 Å². The summed E-state index contributed by atoms with van der Waals surface area (Å²) in [5.41, 5.74) is 1.32. The molecule has 0 amide bonds. The van der Waals surface area contributed by atoms with Crippen molar-refractivity contribution in [2.24, 2.45) is 0 Å². The average Bonchev–Trinajstić information content (AvgIpc) is 2.21. The Kier molecular flexibility index (Phi) is 4.22. The van der Waals surface area contributed by atoms with Gasteiger partial charge in [0.15, 0.2) is 0 Å². The maximum Gasteiger partial charge on any atom is 0.347 e. The van der Waals surface area contributed by atoms with E-state index in [1.54, 1.807) is 11.5 Å². The maximum absolute atomic E-state index is 11.5. The predicted molar refractivity (Wildman–Crippen MR) is 59.2 cm³/mol. The summed E-state index contributed by atoms with van der Waals surface area (Å²) in [6, 6.07) is 1.85. The summed E-state index contributed by atoms with van der Waals surface area (Å²) in [4.78, 5) is 26.3. The minimum Gasteiger partial charge on any atom is -0.469 e. The van der Waals surface area contributed by atoms with Gasteiger partial charge in [0.05, 0.1) is 7.11 Å². The molecule has 5 heteroatoms. The molecule has 5 nitrogen and oxygen atoms in total. The van der Waals surface area contributed by atoms with Gasteiger partial charge in [0.25, 0.3) is 0 Å². The molecule has 0 saturated heterocycles. The second-order valence-corrected chi connectivity index (χ2v) is 3.65. The van der Waals surface area contributed by atoms with Gasteiger partial charge in [0.1, 0.15) is 0 Å². The molecule has 1 rings (SSSR count). The van der Waals surface area contributed by atoms with Crippen LogP contribution in [0.1, 0.15) is 24.2 Å². The second-order valence-electron chi connectivity index (χ2n) is 3.65. The molecule has 0 unspecified atom stereocenters. The molecule has 1 heterocycles. The number of nitrogens with zero attached hydrogens (tertiary/aromatic N) is 2. The van der Waals surface area contributed by atoms with Gasteiger partial charge >= 0.3 is 11.7 Å². The summed E-state index contributed by atoms with van der Waals surface area (Å²) in [6.07, 6.45) is 0.897. The third-order valence-corrected chi connectivity index (χ3v) is 2.34. The highest BCUT2D eigenvalue weighted by atomic mass is 16.5. The summed E-state index contributed by atoms with van der Waals surface area (Å²) in [7, 11) is 1.35. The van der Waals surface area contributed by atoms with Gasteiger partial charge in [0, 0.05) is 24.4 Å². The van der Waals surface area contributed by atoms with E-state index in [-0.39, 0.29) is 11.7 Å². The van der Waals surface area contributed by atoms with Gasteiger partial charge in [-0.05, 0) is 26.3 Å². The van der Waals surface area contributed by atoms with Crippen LogP contribution in [0.15, 0.2) is 10.9 Å². The van der Waals surface area contributed by atoms with E-state index in [1.165, 1.54) is 7.11 Å². The molecule has 0 spiro atoms. The summed E-state index contributed by atoms with van der Waals surface area (Å²) in [5.74, 6) is -0.259. The number of carbonyl (C=O) groups excluding carboxylic acids is 1. The predicted octanol–water partition coefficient (Wildman–Crippen LogP) is 0.813. The van der Waals surface area contributed by atoms with Crippen LogP contribution in [0.5, 0.6) is 0 Å². The fourth-order valence-electron chi connectivity index (χ4n) is 1.53. The fourth-order valence-corrected chi connectivity index (χ4v) is 1.53. The molecule has 16 heavy (non-hydrogen) atoms. The first kappa shape index (κ1) is 12.4. The number of hydrogen-bond acceptors (Lipinski definition) is 4. The highest BCUT2D eigenvalue weighted by molar-refractivity contribution is 5.68. The molecule has 0 atom stereocenters. The average molecular weight is 224 g/mol. The zero-order valence-electron chi connectivity index (χ0n) is 9.82. The number of esters is 1. The van der Waals surface area contributed by atoms with Gasteiger partial charge in [-0.3, -0.25) is 9.36 Å². The van der Waals surface area contributed by atoms with Crippen molar-refractivity contribution in [1.82, 2.24) is 9.55 Å². The van der Waals surface area contributed by atoms with Crippen LogP contribution in [0.25, 0.3) is 0 Å². The Labute approximate surface area is 94.1 Å². The monoisotopic (exact) mass is 224 g/mol. The minimum absolute atomic E-state index is 0.259. The quantitative estimate of drug-likeness (QED) is 0.710. The molecule has 0 aliphatic rings. The first-order chi connectivity index (χ1) is 7.54. The molecular formula is C11H16N2O3. The first-order valence-corrected chi connectivity index (χ1v) is 5.16. The molecule has 1 aromatic rings. The zero-order chi connectivity index (χ0) is 12.1. The Morgan fingerprint density at radius 3 is 2.75 bits per heavy atom.